The number of para-hydroxylation sites is 1. The van der Waals surface area contributed by atoms with Crippen molar-refractivity contribution in [1.82, 2.24) is 5.32 Å². The summed E-state index contributed by atoms with van der Waals surface area (Å²) in [5, 5.41) is 2.73. The number of hydrogen-bond acceptors (Lipinski definition) is 5. The Hall–Kier alpha value is -3.80. The van der Waals surface area contributed by atoms with Gasteiger partial charge in [-0.1, -0.05) is 48.5 Å². The smallest absolute Gasteiger partial charge is 0.339 e. The first-order valence-corrected chi connectivity index (χ1v) is 9.48. The molecule has 0 saturated heterocycles. The van der Waals surface area contributed by atoms with Gasteiger partial charge in [0.05, 0.1) is 25.0 Å². The van der Waals surface area contributed by atoms with Gasteiger partial charge in [0.1, 0.15) is 11.5 Å². The normalized spacial score (nSPS) is 12.1. The van der Waals surface area contributed by atoms with E-state index in [9.17, 15) is 9.59 Å². The molecule has 3 rings (SSSR count). The van der Waals surface area contributed by atoms with Gasteiger partial charge in [-0.2, -0.15) is 0 Å². The van der Waals surface area contributed by atoms with Crippen LogP contribution in [0.2, 0.25) is 0 Å². The van der Waals surface area contributed by atoms with Crippen molar-refractivity contribution in [3.8, 4) is 5.75 Å². The number of ether oxygens (including phenoxy) is 2. The lowest BCUT2D eigenvalue weighted by molar-refractivity contribution is -0.143. The van der Waals surface area contributed by atoms with Crippen LogP contribution in [0.3, 0.4) is 0 Å². The van der Waals surface area contributed by atoms with Gasteiger partial charge in [0.15, 0.2) is 6.61 Å². The number of benzene rings is 2. The van der Waals surface area contributed by atoms with Crippen molar-refractivity contribution in [3.05, 3.63) is 89.9 Å². The number of nitrogens with one attached hydrogen (secondary N) is 1. The first kappa shape index (κ1) is 20.9. The van der Waals surface area contributed by atoms with Crippen LogP contribution in [0, 0.1) is 0 Å². The van der Waals surface area contributed by atoms with Crippen LogP contribution in [0.25, 0.3) is 11.6 Å². The maximum atomic E-state index is 12.8. The van der Waals surface area contributed by atoms with E-state index in [0.717, 1.165) is 5.56 Å². The fourth-order valence-electron chi connectivity index (χ4n) is 2.92. The molecule has 30 heavy (non-hydrogen) atoms. The number of carbonyl (C=O) groups excluding carboxylic acids is 2. The highest BCUT2D eigenvalue weighted by Crippen LogP contribution is 2.25. The molecule has 0 radical (unpaired) electrons. The zero-order chi connectivity index (χ0) is 21.3. The molecular weight excluding hydrogens is 382 g/mol. The van der Waals surface area contributed by atoms with Gasteiger partial charge in [0.2, 0.25) is 0 Å². The highest BCUT2D eigenvalue weighted by atomic mass is 16.5. The number of amides is 1. The van der Waals surface area contributed by atoms with Crippen molar-refractivity contribution in [2.24, 2.45) is 0 Å². The third-order valence-corrected chi connectivity index (χ3v) is 4.43. The van der Waals surface area contributed by atoms with E-state index in [1.807, 2.05) is 54.6 Å². The zero-order valence-corrected chi connectivity index (χ0v) is 16.8. The van der Waals surface area contributed by atoms with Crippen molar-refractivity contribution in [2.75, 3.05) is 13.7 Å². The standard InChI is InChI=1S/C24H23NO5/c1-17(21-13-8-14-29-21)25-23(26)16-30-24(27)20(18-9-4-3-5-10-18)15-19-11-6-7-12-22(19)28-2/h3-15,17H,16H2,1-2H3,(H,25,26)/b20-15+/t17-/m0/s1. The van der Waals surface area contributed by atoms with Gasteiger partial charge in [-0.25, -0.2) is 4.79 Å². The number of carbonyl (C=O) groups is 2. The Kier molecular flexibility index (Phi) is 7.05. The highest BCUT2D eigenvalue weighted by molar-refractivity contribution is 6.22. The topological polar surface area (TPSA) is 77.8 Å². The van der Waals surface area contributed by atoms with Gasteiger partial charge >= 0.3 is 5.97 Å². The van der Waals surface area contributed by atoms with Gasteiger partial charge in [-0.3, -0.25) is 4.79 Å². The van der Waals surface area contributed by atoms with E-state index in [1.54, 1.807) is 32.2 Å². The largest absolute Gasteiger partial charge is 0.496 e. The number of furan rings is 1. The second-order valence-corrected chi connectivity index (χ2v) is 6.55. The third-order valence-electron chi connectivity index (χ3n) is 4.43. The fraction of sp³-hybridized carbons (Fsp3) is 0.167. The summed E-state index contributed by atoms with van der Waals surface area (Å²) in [6.07, 6.45) is 3.23. The first-order chi connectivity index (χ1) is 14.6. The second-order valence-electron chi connectivity index (χ2n) is 6.55. The predicted octanol–water partition coefficient (Wildman–Crippen LogP) is 4.25. The Balaban J connectivity index is 1.74. The molecule has 0 saturated carbocycles. The summed E-state index contributed by atoms with van der Waals surface area (Å²) in [5.41, 5.74) is 1.73. The minimum Gasteiger partial charge on any atom is -0.496 e. The van der Waals surface area contributed by atoms with Gasteiger partial charge in [-0.05, 0) is 36.8 Å². The monoisotopic (exact) mass is 405 g/mol. The SMILES string of the molecule is COc1ccccc1/C=C(/C(=O)OCC(=O)N[C@@H](C)c1ccco1)c1ccccc1. The molecule has 0 spiro atoms. The molecule has 1 atom stereocenters. The Bertz CT molecular complexity index is 1010. The van der Waals surface area contributed by atoms with Gasteiger partial charge in [-0.15, -0.1) is 0 Å². The number of methoxy groups -OCH3 is 1. The maximum Gasteiger partial charge on any atom is 0.339 e. The average molecular weight is 405 g/mol. The van der Waals surface area contributed by atoms with E-state index < -0.39 is 18.5 Å². The predicted molar refractivity (Wildman–Crippen MR) is 114 cm³/mol. The van der Waals surface area contributed by atoms with Gasteiger partial charge < -0.3 is 19.2 Å². The van der Waals surface area contributed by atoms with E-state index in [2.05, 4.69) is 5.32 Å². The van der Waals surface area contributed by atoms with Crippen LogP contribution in [0.5, 0.6) is 5.75 Å². The molecule has 0 fully saturated rings. The summed E-state index contributed by atoms with van der Waals surface area (Å²) in [4.78, 5) is 25.0. The zero-order valence-electron chi connectivity index (χ0n) is 16.8. The molecule has 1 N–H and O–H groups in total. The van der Waals surface area contributed by atoms with Crippen molar-refractivity contribution < 1.29 is 23.5 Å². The van der Waals surface area contributed by atoms with Crippen LogP contribution in [0.1, 0.15) is 29.9 Å². The van der Waals surface area contributed by atoms with Gasteiger partial charge in [0.25, 0.3) is 5.91 Å². The average Bonchev–Trinajstić information content (AvgIpc) is 3.32. The summed E-state index contributed by atoms with van der Waals surface area (Å²) in [7, 11) is 1.57. The van der Waals surface area contributed by atoms with E-state index in [-0.39, 0.29) is 6.04 Å². The number of esters is 1. The summed E-state index contributed by atoms with van der Waals surface area (Å²) >= 11 is 0. The lowest BCUT2D eigenvalue weighted by Crippen LogP contribution is -2.31. The van der Waals surface area contributed by atoms with E-state index in [0.29, 0.717) is 22.6 Å². The van der Waals surface area contributed by atoms with Crippen LogP contribution in [0.4, 0.5) is 0 Å². The lowest BCUT2D eigenvalue weighted by Gasteiger charge is -2.13. The van der Waals surface area contributed by atoms with Crippen LogP contribution < -0.4 is 10.1 Å². The minimum absolute atomic E-state index is 0.326. The Labute approximate surface area is 175 Å². The van der Waals surface area contributed by atoms with Gasteiger partial charge in [0, 0.05) is 5.56 Å². The molecule has 1 aromatic heterocycles. The first-order valence-electron chi connectivity index (χ1n) is 9.48. The molecule has 6 heteroatoms. The summed E-state index contributed by atoms with van der Waals surface area (Å²) < 4.78 is 15.9. The fourth-order valence-corrected chi connectivity index (χ4v) is 2.92. The van der Waals surface area contributed by atoms with Crippen molar-refractivity contribution in [3.63, 3.8) is 0 Å². The molecule has 0 unspecified atom stereocenters. The van der Waals surface area contributed by atoms with Crippen molar-refractivity contribution >= 4 is 23.5 Å². The molecule has 6 nitrogen and oxygen atoms in total. The highest BCUT2D eigenvalue weighted by Gasteiger charge is 2.18. The van der Waals surface area contributed by atoms with E-state index >= 15 is 0 Å². The molecule has 0 aliphatic carbocycles. The van der Waals surface area contributed by atoms with Crippen LogP contribution in [-0.2, 0) is 14.3 Å². The van der Waals surface area contributed by atoms with Crippen molar-refractivity contribution in [2.45, 2.75) is 13.0 Å². The molecular formula is C24H23NO5. The number of hydrogen-bond donors (Lipinski definition) is 1. The molecule has 3 aromatic rings. The van der Waals surface area contributed by atoms with E-state index in [1.165, 1.54) is 6.26 Å². The van der Waals surface area contributed by atoms with Crippen LogP contribution >= 0.6 is 0 Å². The maximum absolute atomic E-state index is 12.8. The molecule has 154 valence electrons. The molecule has 1 heterocycles. The second kappa shape index (κ2) is 10.1. The minimum atomic E-state index is -0.604. The third kappa shape index (κ3) is 5.38. The summed E-state index contributed by atoms with van der Waals surface area (Å²) in [6, 6.07) is 19.7. The quantitative estimate of drug-likeness (QED) is 0.344. The molecule has 1 amide bonds. The summed E-state index contributed by atoms with van der Waals surface area (Å²) in [6.45, 7) is 1.38. The lowest BCUT2D eigenvalue weighted by atomic mass is 10.0. The molecule has 0 aliphatic heterocycles. The molecule has 0 aliphatic rings. The Morgan fingerprint density at radius 1 is 1.03 bits per heavy atom. The van der Waals surface area contributed by atoms with E-state index in [4.69, 9.17) is 13.9 Å². The Morgan fingerprint density at radius 3 is 2.47 bits per heavy atom. The van der Waals surface area contributed by atoms with Crippen LogP contribution in [-0.4, -0.2) is 25.6 Å². The molecule has 0 bridgehead atoms. The molecule has 2 aromatic carbocycles. The Morgan fingerprint density at radius 2 is 1.77 bits per heavy atom. The van der Waals surface area contributed by atoms with Crippen LogP contribution in [0.15, 0.2) is 77.4 Å². The van der Waals surface area contributed by atoms with Crippen molar-refractivity contribution in [1.29, 1.82) is 0 Å². The number of rotatable bonds is 8. The summed E-state index contributed by atoms with van der Waals surface area (Å²) in [5.74, 6) is 0.226.